The van der Waals surface area contributed by atoms with Gasteiger partial charge in [0.05, 0.1) is 18.6 Å². The lowest BCUT2D eigenvalue weighted by Gasteiger charge is -2.03. The molecule has 6 nitrogen and oxygen atoms in total. The maximum atomic E-state index is 11.2. The van der Waals surface area contributed by atoms with Crippen molar-refractivity contribution in [3.63, 3.8) is 0 Å². The van der Waals surface area contributed by atoms with Crippen molar-refractivity contribution in [1.82, 2.24) is 19.5 Å². The maximum absolute atomic E-state index is 11.2. The molecule has 0 saturated carbocycles. The highest BCUT2D eigenvalue weighted by molar-refractivity contribution is 6.30. The van der Waals surface area contributed by atoms with Crippen molar-refractivity contribution in [3.05, 3.63) is 50.3 Å². The predicted octanol–water partition coefficient (Wildman–Crippen LogP) is -0.0386. The van der Waals surface area contributed by atoms with Crippen molar-refractivity contribution < 1.29 is 0 Å². The molecule has 2 N–H and O–H groups in total. The minimum absolute atomic E-state index is 0.0108. The summed E-state index contributed by atoms with van der Waals surface area (Å²) in [7, 11) is 0. The Labute approximate surface area is 88.6 Å². The molecule has 0 aliphatic rings. The molecule has 0 spiro atoms. The van der Waals surface area contributed by atoms with E-state index in [1.54, 1.807) is 23.3 Å². The van der Waals surface area contributed by atoms with Gasteiger partial charge in [0.2, 0.25) is 0 Å². The minimum Gasteiger partial charge on any atom is -0.332 e. The number of H-pyrrole nitrogens is 2. The van der Waals surface area contributed by atoms with Gasteiger partial charge in [-0.25, -0.2) is 9.78 Å². The van der Waals surface area contributed by atoms with Crippen LogP contribution in [0.15, 0.2) is 28.3 Å². The zero-order valence-corrected chi connectivity index (χ0v) is 8.28. The van der Waals surface area contributed by atoms with Gasteiger partial charge in [0.1, 0.15) is 5.02 Å². The van der Waals surface area contributed by atoms with Crippen LogP contribution < -0.4 is 11.2 Å². The molecule has 0 atom stereocenters. The number of imidazole rings is 1. The highest BCUT2D eigenvalue weighted by Crippen LogP contribution is 2.06. The molecular formula is C8H7ClN4O2. The fraction of sp³-hybridized carbons (Fsp3) is 0.125. The third-order valence-corrected chi connectivity index (χ3v) is 2.26. The Kier molecular flexibility index (Phi) is 2.42. The summed E-state index contributed by atoms with van der Waals surface area (Å²) in [6.07, 6.45) is 4.87. The largest absolute Gasteiger partial charge is 0.332 e. The summed E-state index contributed by atoms with van der Waals surface area (Å²) in [5.41, 5.74) is -0.793. The molecule has 0 unspecified atom stereocenters. The van der Waals surface area contributed by atoms with Crippen LogP contribution in [0.5, 0.6) is 0 Å². The normalized spacial score (nSPS) is 10.5. The van der Waals surface area contributed by atoms with Crippen LogP contribution in [0.4, 0.5) is 0 Å². The van der Waals surface area contributed by atoms with Crippen LogP contribution >= 0.6 is 11.6 Å². The fourth-order valence-electron chi connectivity index (χ4n) is 1.19. The first-order valence-electron chi connectivity index (χ1n) is 4.13. The number of aromatic nitrogens is 4. The summed E-state index contributed by atoms with van der Waals surface area (Å²) in [6.45, 7) is 0.304. The molecule has 0 radical (unpaired) electrons. The molecule has 2 aromatic rings. The van der Waals surface area contributed by atoms with E-state index in [1.807, 2.05) is 4.98 Å². The number of aromatic amines is 2. The standard InChI is InChI=1S/C8H7ClN4O2/c9-6-5(3-13-2-1-10-4-13)11-8(15)12-7(6)14/h1-2,4H,3H2,(H2,11,12,14,15). The number of nitrogens with one attached hydrogen (secondary N) is 2. The average Bonchev–Trinajstić information content (AvgIpc) is 2.66. The van der Waals surface area contributed by atoms with Crippen LogP contribution in [0.25, 0.3) is 0 Å². The topological polar surface area (TPSA) is 83.5 Å². The van der Waals surface area contributed by atoms with E-state index in [-0.39, 0.29) is 5.02 Å². The molecule has 2 aromatic heterocycles. The van der Waals surface area contributed by atoms with Crippen LogP contribution in [0, 0.1) is 0 Å². The first-order valence-corrected chi connectivity index (χ1v) is 4.51. The molecule has 0 aliphatic heterocycles. The van der Waals surface area contributed by atoms with Crippen LogP contribution in [0.3, 0.4) is 0 Å². The van der Waals surface area contributed by atoms with Gasteiger partial charge in [-0.15, -0.1) is 0 Å². The van der Waals surface area contributed by atoms with E-state index in [9.17, 15) is 9.59 Å². The van der Waals surface area contributed by atoms with E-state index in [0.29, 0.717) is 12.2 Å². The molecule has 0 bridgehead atoms. The van der Waals surface area contributed by atoms with E-state index >= 15 is 0 Å². The fourth-order valence-corrected chi connectivity index (χ4v) is 1.34. The van der Waals surface area contributed by atoms with Gasteiger partial charge in [-0.3, -0.25) is 9.78 Å². The Morgan fingerprint density at radius 3 is 2.87 bits per heavy atom. The number of nitrogens with zero attached hydrogens (tertiary/aromatic N) is 2. The van der Waals surface area contributed by atoms with Gasteiger partial charge in [-0.2, -0.15) is 0 Å². The van der Waals surface area contributed by atoms with Gasteiger partial charge < -0.3 is 9.55 Å². The van der Waals surface area contributed by atoms with E-state index in [1.165, 1.54) is 0 Å². The Morgan fingerprint density at radius 1 is 1.40 bits per heavy atom. The molecule has 0 saturated heterocycles. The molecule has 7 heteroatoms. The summed E-state index contributed by atoms with van der Waals surface area (Å²) in [4.78, 5) is 30.5. The van der Waals surface area contributed by atoms with Crippen LogP contribution in [-0.2, 0) is 6.54 Å². The van der Waals surface area contributed by atoms with E-state index in [2.05, 4.69) is 9.97 Å². The smallest absolute Gasteiger partial charge is 0.326 e. The summed E-state index contributed by atoms with van der Waals surface area (Å²) in [5, 5.41) is -0.0108. The third kappa shape index (κ3) is 1.99. The second kappa shape index (κ2) is 3.74. The average molecular weight is 227 g/mol. The molecule has 0 aliphatic carbocycles. The predicted molar refractivity (Wildman–Crippen MR) is 54.0 cm³/mol. The lowest BCUT2D eigenvalue weighted by molar-refractivity contribution is 0.759. The zero-order chi connectivity index (χ0) is 10.8. The van der Waals surface area contributed by atoms with Crippen LogP contribution in [0.1, 0.15) is 5.69 Å². The van der Waals surface area contributed by atoms with Crippen molar-refractivity contribution in [2.45, 2.75) is 6.54 Å². The number of hydrogen-bond acceptors (Lipinski definition) is 3. The number of halogens is 1. The zero-order valence-electron chi connectivity index (χ0n) is 7.53. The Bertz CT molecular complexity index is 569. The van der Waals surface area contributed by atoms with E-state index in [4.69, 9.17) is 11.6 Å². The minimum atomic E-state index is -0.587. The molecule has 0 amide bonds. The number of rotatable bonds is 2. The highest BCUT2D eigenvalue weighted by atomic mass is 35.5. The van der Waals surface area contributed by atoms with Crippen molar-refractivity contribution in [1.29, 1.82) is 0 Å². The summed E-state index contributed by atoms with van der Waals surface area (Å²) in [5.74, 6) is 0. The molecule has 15 heavy (non-hydrogen) atoms. The monoisotopic (exact) mass is 226 g/mol. The first-order chi connectivity index (χ1) is 7.16. The molecule has 78 valence electrons. The quantitative estimate of drug-likeness (QED) is 0.754. The van der Waals surface area contributed by atoms with Gasteiger partial charge in [0, 0.05) is 12.4 Å². The maximum Gasteiger partial charge on any atom is 0.326 e. The Hall–Kier alpha value is -1.82. The number of hydrogen-bond donors (Lipinski definition) is 2. The summed E-state index contributed by atoms with van der Waals surface area (Å²) in [6, 6.07) is 0. The van der Waals surface area contributed by atoms with Gasteiger partial charge in [-0.05, 0) is 0 Å². The Balaban J connectivity index is 2.45. The molecule has 0 aromatic carbocycles. The summed E-state index contributed by atoms with van der Waals surface area (Å²) < 4.78 is 1.69. The lowest BCUT2D eigenvalue weighted by atomic mass is 10.4. The van der Waals surface area contributed by atoms with Crippen molar-refractivity contribution >= 4 is 11.6 Å². The SMILES string of the molecule is O=c1[nH]c(Cn2ccnc2)c(Cl)c(=O)[nH]1. The van der Waals surface area contributed by atoms with Crippen LogP contribution in [-0.4, -0.2) is 19.5 Å². The van der Waals surface area contributed by atoms with Crippen molar-refractivity contribution in [2.24, 2.45) is 0 Å². The van der Waals surface area contributed by atoms with Gasteiger partial charge in [0.15, 0.2) is 0 Å². The Morgan fingerprint density at radius 2 is 2.20 bits per heavy atom. The van der Waals surface area contributed by atoms with Gasteiger partial charge >= 0.3 is 5.69 Å². The summed E-state index contributed by atoms with van der Waals surface area (Å²) >= 11 is 5.73. The van der Waals surface area contributed by atoms with Gasteiger partial charge in [0.25, 0.3) is 5.56 Å². The molecule has 0 fully saturated rings. The second-order valence-corrected chi connectivity index (χ2v) is 3.31. The molecule has 2 rings (SSSR count). The van der Waals surface area contributed by atoms with Gasteiger partial charge in [-0.1, -0.05) is 11.6 Å². The third-order valence-electron chi connectivity index (χ3n) is 1.86. The van der Waals surface area contributed by atoms with Crippen molar-refractivity contribution in [3.8, 4) is 0 Å². The van der Waals surface area contributed by atoms with Crippen molar-refractivity contribution in [2.75, 3.05) is 0 Å². The van der Waals surface area contributed by atoms with E-state index in [0.717, 1.165) is 0 Å². The highest BCUT2D eigenvalue weighted by Gasteiger charge is 2.06. The molecule has 2 heterocycles. The first kappa shape index (κ1) is 9.72. The lowest BCUT2D eigenvalue weighted by Crippen LogP contribution is -2.25. The second-order valence-electron chi connectivity index (χ2n) is 2.94. The molecular weight excluding hydrogens is 220 g/mol. The van der Waals surface area contributed by atoms with Crippen LogP contribution in [0.2, 0.25) is 5.02 Å². The van der Waals surface area contributed by atoms with E-state index < -0.39 is 11.2 Å².